The summed E-state index contributed by atoms with van der Waals surface area (Å²) in [5.41, 5.74) is 1.82. The van der Waals surface area contributed by atoms with Crippen molar-refractivity contribution < 1.29 is 22.8 Å². The zero-order valence-corrected chi connectivity index (χ0v) is 18.4. The lowest BCUT2D eigenvalue weighted by molar-refractivity contribution is -0.133. The van der Waals surface area contributed by atoms with Crippen molar-refractivity contribution in [2.45, 2.75) is 36.6 Å². The van der Waals surface area contributed by atoms with E-state index in [-0.39, 0.29) is 10.5 Å². The molecule has 0 radical (unpaired) electrons. The van der Waals surface area contributed by atoms with Crippen molar-refractivity contribution in [1.29, 1.82) is 0 Å². The Kier molecular flexibility index (Phi) is 5.74. The predicted molar refractivity (Wildman–Crippen MR) is 116 cm³/mol. The molecule has 9 nitrogen and oxygen atoms in total. The second kappa shape index (κ2) is 8.36. The van der Waals surface area contributed by atoms with Crippen LogP contribution in [0.3, 0.4) is 0 Å². The van der Waals surface area contributed by atoms with Crippen LogP contribution in [0.15, 0.2) is 59.5 Å². The topological polar surface area (TPSA) is 116 Å². The van der Waals surface area contributed by atoms with Gasteiger partial charge in [-0.1, -0.05) is 37.3 Å². The second-order valence-electron chi connectivity index (χ2n) is 7.77. The Bertz CT molecular complexity index is 1140. The summed E-state index contributed by atoms with van der Waals surface area (Å²) < 4.78 is 26.7. The van der Waals surface area contributed by atoms with Crippen molar-refractivity contribution in [3.63, 3.8) is 0 Å². The van der Waals surface area contributed by atoms with Gasteiger partial charge in [0.05, 0.1) is 4.90 Å². The van der Waals surface area contributed by atoms with E-state index in [0.717, 1.165) is 12.8 Å². The number of carbonyl (C=O) groups is 3. The normalized spacial score (nSPS) is 21.6. The van der Waals surface area contributed by atoms with E-state index in [1.165, 1.54) is 28.6 Å². The third-order valence-electron chi connectivity index (χ3n) is 5.92. The molecule has 1 atom stereocenters. The molecule has 0 bridgehead atoms. The van der Waals surface area contributed by atoms with Crippen LogP contribution in [0.1, 0.15) is 42.1 Å². The van der Waals surface area contributed by atoms with Gasteiger partial charge in [-0.25, -0.2) is 13.2 Å². The van der Waals surface area contributed by atoms with Gasteiger partial charge in [0.2, 0.25) is 10.0 Å². The van der Waals surface area contributed by atoms with Crippen molar-refractivity contribution in [2.75, 3.05) is 13.1 Å². The monoisotopic (exact) mass is 456 g/mol. The molecule has 0 unspecified atom stereocenters. The highest BCUT2D eigenvalue weighted by molar-refractivity contribution is 7.89. The van der Waals surface area contributed by atoms with Gasteiger partial charge in [0.1, 0.15) is 5.54 Å². The standard InChI is InChI=1S/C22H24N4O5S/c1-2-22(17-8-4-3-5-9-17)20(28)26(21(29)23-22)24-19(27)16-10-12-18(13-11-16)32(30,31)25-14-6-7-15-25/h3-5,8-13H,2,6-7,14-15H2,1H3,(H,23,29)(H,24,27)/t22-/m0/s1. The number of nitrogens with zero attached hydrogens (tertiary/aromatic N) is 2. The minimum atomic E-state index is -3.60. The van der Waals surface area contributed by atoms with Crippen LogP contribution in [0.5, 0.6) is 0 Å². The highest BCUT2D eigenvalue weighted by Gasteiger charge is 2.52. The zero-order valence-electron chi connectivity index (χ0n) is 17.6. The Hall–Kier alpha value is -3.24. The maximum absolute atomic E-state index is 13.1. The van der Waals surface area contributed by atoms with Gasteiger partial charge in [0.25, 0.3) is 11.8 Å². The van der Waals surface area contributed by atoms with E-state index < -0.39 is 33.4 Å². The van der Waals surface area contributed by atoms with Crippen molar-refractivity contribution in [2.24, 2.45) is 0 Å². The van der Waals surface area contributed by atoms with Gasteiger partial charge in [-0.05, 0) is 49.1 Å². The summed E-state index contributed by atoms with van der Waals surface area (Å²) in [6.45, 7) is 2.74. The first-order chi connectivity index (χ1) is 15.3. The van der Waals surface area contributed by atoms with Crippen molar-refractivity contribution in [3.8, 4) is 0 Å². The number of hydrogen-bond donors (Lipinski definition) is 2. The first-order valence-electron chi connectivity index (χ1n) is 10.4. The number of imide groups is 1. The molecule has 2 saturated heterocycles. The van der Waals surface area contributed by atoms with Gasteiger partial charge in [-0.15, -0.1) is 0 Å². The van der Waals surface area contributed by atoms with Crippen LogP contribution in [0.2, 0.25) is 0 Å². The lowest BCUT2D eigenvalue weighted by Crippen LogP contribution is -2.48. The Labute approximate surface area is 186 Å². The smallest absolute Gasteiger partial charge is 0.318 e. The van der Waals surface area contributed by atoms with Crippen LogP contribution in [0.25, 0.3) is 0 Å². The predicted octanol–water partition coefficient (Wildman–Crippen LogP) is 1.97. The molecule has 0 aliphatic carbocycles. The fourth-order valence-electron chi connectivity index (χ4n) is 4.06. The number of urea groups is 1. The van der Waals surface area contributed by atoms with E-state index in [2.05, 4.69) is 10.7 Å². The third kappa shape index (κ3) is 3.65. The summed E-state index contributed by atoms with van der Waals surface area (Å²) >= 11 is 0. The van der Waals surface area contributed by atoms with E-state index in [9.17, 15) is 22.8 Å². The SMILES string of the molecule is CC[C@@]1(c2ccccc2)NC(=O)N(NC(=O)c2ccc(S(=O)(=O)N3CCCC3)cc2)C1=O. The first kappa shape index (κ1) is 22.0. The number of hydrogen-bond acceptors (Lipinski definition) is 5. The lowest BCUT2D eigenvalue weighted by Gasteiger charge is -2.25. The van der Waals surface area contributed by atoms with Gasteiger partial charge in [0, 0.05) is 18.7 Å². The molecular weight excluding hydrogens is 432 g/mol. The number of nitrogens with one attached hydrogen (secondary N) is 2. The van der Waals surface area contributed by atoms with E-state index in [4.69, 9.17) is 0 Å². The molecule has 10 heteroatoms. The fraction of sp³-hybridized carbons (Fsp3) is 0.318. The van der Waals surface area contributed by atoms with Crippen LogP contribution >= 0.6 is 0 Å². The maximum Gasteiger partial charge on any atom is 0.344 e. The lowest BCUT2D eigenvalue weighted by atomic mass is 9.87. The molecule has 4 amide bonds. The van der Waals surface area contributed by atoms with Crippen LogP contribution in [0.4, 0.5) is 4.79 Å². The Morgan fingerprint density at radius 1 is 1.03 bits per heavy atom. The highest BCUT2D eigenvalue weighted by Crippen LogP contribution is 2.31. The number of carbonyl (C=O) groups excluding carboxylic acids is 3. The van der Waals surface area contributed by atoms with E-state index >= 15 is 0 Å². The summed E-state index contributed by atoms with van der Waals surface area (Å²) in [6.07, 6.45) is 1.96. The number of rotatable bonds is 6. The molecule has 168 valence electrons. The van der Waals surface area contributed by atoms with Crippen molar-refractivity contribution >= 4 is 27.9 Å². The second-order valence-corrected chi connectivity index (χ2v) is 9.71. The Morgan fingerprint density at radius 3 is 2.25 bits per heavy atom. The highest BCUT2D eigenvalue weighted by atomic mass is 32.2. The van der Waals surface area contributed by atoms with Crippen molar-refractivity contribution in [3.05, 3.63) is 65.7 Å². The van der Waals surface area contributed by atoms with E-state index in [0.29, 0.717) is 30.1 Å². The van der Waals surface area contributed by atoms with Gasteiger partial charge < -0.3 is 5.32 Å². The molecule has 2 N–H and O–H groups in total. The van der Waals surface area contributed by atoms with Gasteiger partial charge in [0.15, 0.2) is 0 Å². The molecule has 2 heterocycles. The summed E-state index contributed by atoms with van der Waals surface area (Å²) in [7, 11) is -3.60. The average Bonchev–Trinajstić information content (AvgIpc) is 3.44. The first-order valence-corrected chi connectivity index (χ1v) is 11.9. The quantitative estimate of drug-likeness (QED) is 0.645. The molecule has 2 aromatic carbocycles. The maximum atomic E-state index is 13.1. The minimum absolute atomic E-state index is 0.0972. The molecule has 0 spiro atoms. The number of amides is 4. The minimum Gasteiger partial charge on any atom is -0.318 e. The summed E-state index contributed by atoms with van der Waals surface area (Å²) in [5, 5.41) is 3.36. The molecule has 2 aliphatic rings. The number of benzene rings is 2. The summed E-state index contributed by atoms with van der Waals surface area (Å²) in [4.78, 5) is 38.4. The van der Waals surface area contributed by atoms with Crippen LogP contribution < -0.4 is 10.7 Å². The zero-order chi connectivity index (χ0) is 22.9. The van der Waals surface area contributed by atoms with Crippen LogP contribution in [0, 0.1) is 0 Å². The molecule has 0 aromatic heterocycles. The van der Waals surface area contributed by atoms with Gasteiger partial charge in [-0.3, -0.25) is 15.0 Å². The number of sulfonamides is 1. The molecule has 32 heavy (non-hydrogen) atoms. The van der Waals surface area contributed by atoms with Crippen molar-refractivity contribution in [1.82, 2.24) is 20.1 Å². The third-order valence-corrected chi connectivity index (χ3v) is 7.83. The molecule has 4 rings (SSSR count). The van der Waals surface area contributed by atoms with Crippen LogP contribution in [-0.2, 0) is 20.4 Å². The summed E-state index contributed by atoms with van der Waals surface area (Å²) in [5.74, 6) is -1.28. The molecule has 2 aromatic rings. The van der Waals surface area contributed by atoms with Crippen LogP contribution in [-0.4, -0.2) is 48.7 Å². The van der Waals surface area contributed by atoms with Gasteiger partial charge in [-0.2, -0.15) is 9.31 Å². The Morgan fingerprint density at radius 2 is 1.66 bits per heavy atom. The number of hydrazine groups is 1. The average molecular weight is 457 g/mol. The Balaban J connectivity index is 1.51. The fourth-order valence-corrected chi connectivity index (χ4v) is 5.58. The molecule has 0 saturated carbocycles. The summed E-state index contributed by atoms with van der Waals surface area (Å²) in [6, 6.07) is 13.5. The van der Waals surface area contributed by atoms with E-state index in [1.807, 2.05) is 0 Å². The molecule has 2 aliphatic heterocycles. The molecular formula is C22H24N4O5S. The van der Waals surface area contributed by atoms with Gasteiger partial charge >= 0.3 is 6.03 Å². The largest absolute Gasteiger partial charge is 0.344 e. The molecule has 2 fully saturated rings. The van der Waals surface area contributed by atoms with E-state index in [1.54, 1.807) is 37.3 Å².